The lowest BCUT2D eigenvalue weighted by molar-refractivity contribution is -0.164. The first-order valence-electron chi connectivity index (χ1n) is 15.0. The van der Waals surface area contributed by atoms with E-state index in [1.165, 1.54) is 32.1 Å². The number of fused-ring (bicyclic) bond motifs is 1. The zero-order valence-corrected chi connectivity index (χ0v) is 26.4. The van der Waals surface area contributed by atoms with Crippen LogP contribution in [0.2, 0.25) is 0 Å². The summed E-state index contributed by atoms with van der Waals surface area (Å²) in [5.41, 5.74) is 3.08. The van der Waals surface area contributed by atoms with E-state index < -0.39 is 17.5 Å². The van der Waals surface area contributed by atoms with Gasteiger partial charge in [0.15, 0.2) is 0 Å². The molecule has 0 amide bonds. The van der Waals surface area contributed by atoms with Gasteiger partial charge in [0, 0.05) is 5.56 Å². The lowest BCUT2D eigenvalue weighted by Gasteiger charge is -2.38. The molecule has 6 nitrogen and oxygen atoms in total. The molecule has 0 saturated carbocycles. The largest absolute Gasteiger partial charge is 0.487 e. The predicted octanol–water partition coefficient (Wildman–Crippen LogP) is 8.12. The van der Waals surface area contributed by atoms with E-state index in [-0.39, 0.29) is 24.5 Å². The van der Waals surface area contributed by atoms with Crippen molar-refractivity contribution < 1.29 is 28.5 Å². The number of rotatable bonds is 15. The van der Waals surface area contributed by atoms with E-state index in [0.29, 0.717) is 12.4 Å². The first-order valence-corrected chi connectivity index (χ1v) is 15.0. The van der Waals surface area contributed by atoms with Crippen LogP contribution in [-0.4, -0.2) is 35.9 Å². The summed E-state index contributed by atoms with van der Waals surface area (Å²) < 4.78 is 23.6. The minimum atomic E-state index is -0.754. The molecule has 0 radical (unpaired) electrons. The standard InChI is InChI=1S/C33H54O6/c1-11-12-14-23(4)15-13-19-33(10)20-18-27-26(7)30(24(5)25(6)31(27)39-33)37-28(34)16-17-29(35)38-32(8,9)21-36-22(2)3/h22-23H,11-21H2,1-10H3. The molecule has 222 valence electrons. The number of ether oxygens (including phenoxy) is 4. The highest BCUT2D eigenvalue weighted by atomic mass is 16.6. The van der Waals surface area contributed by atoms with Gasteiger partial charge in [0.05, 0.1) is 25.6 Å². The lowest BCUT2D eigenvalue weighted by Crippen LogP contribution is -2.37. The zero-order valence-electron chi connectivity index (χ0n) is 26.4. The third-order valence-electron chi connectivity index (χ3n) is 7.92. The van der Waals surface area contributed by atoms with Crippen LogP contribution in [0.5, 0.6) is 11.5 Å². The predicted molar refractivity (Wildman–Crippen MR) is 157 cm³/mol. The molecule has 1 aliphatic heterocycles. The second kappa shape index (κ2) is 14.5. The molecule has 1 aliphatic rings. The van der Waals surface area contributed by atoms with Crippen LogP contribution in [0.25, 0.3) is 0 Å². The van der Waals surface area contributed by atoms with Crippen molar-refractivity contribution >= 4 is 11.9 Å². The Balaban J connectivity index is 2.00. The van der Waals surface area contributed by atoms with Gasteiger partial charge in [-0.3, -0.25) is 9.59 Å². The topological polar surface area (TPSA) is 71.1 Å². The molecule has 0 saturated heterocycles. The summed E-state index contributed by atoms with van der Waals surface area (Å²) in [5, 5.41) is 0. The van der Waals surface area contributed by atoms with Gasteiger partial charge in [0.1, 0.15) is 22.7 Å². The smallest absolute Gasteiger partial charge is 0.311 e. The number of carbonyl (C=O) groups is 2. The van der Waals surface area contributed by atoms with E-state index in [4.69, 9.17) is 18.9 Å². The van der Waals surface area contributed by atoms with Crippen LogP contribution in [0.15, 0.2) is 0 Å². The average Bonchev–Trinajstić information content (AvgIpc) is 2.86. The Hall–Kier alpha value is -2.08. The highest BCUT2D eigenvalue weighted by Gasteiger charge is 2.35. The Morgan fingerprint density at radius 2 is 1.62 bits per heavy atom. The number of esters is 2. The van der Waals surface area contributed by atoms with Gasteiger partial charge in [-0.15, -0.1) is 0 Å². The van der Waals surface area contributed by atoms with Crippen molar-refractivity contribution in [3.8, 4) is 11.5 Å². The maximum absolute atomic E-state index is 12.7. The van der Waals surface area contributed by atoms with Crippen LogP contribution >= 0.6 is 0 Å². The third kappa shape index (κ3) is 10.1. The molecule has 6 heteroatoms. The number of hydrogen-bond donors (Lipinski definition) is 0. The Kier molecular flexibility index (Phi) is 12.3. The molecule has 0 N–H and O–H groups in total. The van der Waals surface area contributed by atoms with Crippen LogP contribution in [0.3, 0.4) is 0 Å². The van der Waals surface area contributed by atoms with Gasteiger partial charge in [-0.2, -0.15) is 0 Å². The van der Waals surface area contributed by atoms with Crippen molar-refractivity contribution in [2.45, 2.75) is 151 Å². The van der Waals surface area contributed by atoms with Crippen molar-refractivity contribution in [1.82, 2.24) is 0 Å². The quantitative estimate of drug-likeness (QED) is 0.163. The zero-order chi connectivity index (χ0) is 29.4. The summed E-state index contributed by atoms with van der Waals surface area (Å²) in [5.74, 6) is 1.43. The molecule has 0 spiro atoms. The summed E-state index contributed by atoms with van der Waals surface area (Å²) in [6, 6.07) is 0. The maximum atomic E-state index is 12.7. The second-order valence-electron chi connectivity index (χ2n) is 12.8. The summed E-state index contributed by atoms with van der Waals surface area (Å²) in [7, 11) is 0. The molecule has 1 heterocycles. The van der Waals surface area contributed by atoms with Gasteiger partial charge in [0.25, 0.3) is 0 Å². The lowest BCUT2D eigenvalue weighted by atomic mass is 9.84. The average molecular weight is 547 g/mol. The molecule has 0 fully saturated rings. The first-order chi connectivity index (χ1) is 18.2. The summed E-state index contributed by atoms with van der Waals surface area (Å²) in [6.45, 7) is 20.6. The van der Waals surface area contributed by atoms with Crippen LogP contribution in [0, 0.1) is 26.7 Å². The minimum absolute atomic E-state index is 0.0372. The van der Waals surface area contributed by atoms with E-state index in [0.717, 1.165) is 53.2 Å². The molecule has 2 rings (SSSR count). The van der Waals surface area contributed by atoms with Crippen LogP contribution in [-0.2, 0) is 25.5 Å². The minimum Gasteiger partial charge on any atom is -0.487 e. The third-order valence-corrected chi connectivity index (χ3v) is 7.92. The molecule has 0 aromatic heterocycles. The van der Waals surface area contributed by atoms with Crippen molar-refractivity contribution in [2.24, 2.45) is 5.92 Å². The molecule has 39 heavy (non-hydrogen) atoms. The van der Waals surface area contributed by atoms with Crippen molar-refractivity contribution in [3.05, 3.63) is 22.3 Å². The highest BCUT2D eigenvalue weighted by molar-refractivity contribution is 5.80. The normalized spacial score (nSPS) is 17.9. The van der Waals surface area contributed by atoms with Gasteiger partial charge in [0.2, 0.25) is 0 Å². The SMILES string of the molecule is CCCCC(C)CCCC1(C)CCc2c(C)c(OC(=O)CCC(=O)OC(C)(C)COC(C)C)c(C)c(C)c2O1. The second-order valence-corrected chi connectivity index (χ2v) is 12.8. The molecular formula is C33H54O6. The van der Waals surface area contributed by atoms with E-state index in [1.807, 2.05) is 34.6 Å². The van der Waals surface area contributed by atoms with Gasteiger partial charge in [-0.1, -0.05) is 39.5 Å². The van der Waals surface area contributed by atoms with Gasteiger partial charge in [-0.25, -0.2) is 0 Å². The Morgan fingerprint density at radius 3 is 2.26 bits per heavy atom. The molecular weight excluding hydrogens is 492 g/mol. The van der Waals surface area contributed by atoms with E-state index in [9.17, 15) is 9.59 Å². The molecule has 0 bridgehead atoms. The highest BCUT2D eigenvalue weighted by Crippen LogP contribution is 2.45. The Labute approximate surface area is 237 Å². The van der Waals surface area contributed by atoms with Crippen molar-refractivity contribution in [2.75, 3.05) is 6.61 Å². The number of unbranched alkanes of at least 4 members (excludes halogenated alkanes) is 1. The van der Waals surface area contributed by atoms with E-state index in [2.05, 4.69) is 20.8 Å². The van der Waals surface area contributed by atoms with E-state index >= 15 is 0 Å². The van der Waals surface area contributed by atoms with Crippen molar-refractivity contribution in [3.63, 3.8) is 0 Å². The summed E-state index contributed by atoms with van der Waals surface area (Å²) >= 11 is 0. The maximum Gasteiger partial charge on any atom is 0.311 e. The van der Waals surface area contributed by atoms with Gasteiger partial charge >= 0.3 is 11.9 Å². The van der Waals surface area contributed by atoms with Crippen molar-refractivity contribution in [1.29, 1.82) is 0 Å². The fourth-order valence-electron chi connectivity index (χ4n) is 5.26. The Morgan fingerprint density at radius 1 is 0.974 bits per heavy atom. The fraction of sp³-hybridized carbons (Fsp3) is 0.758. The van der Waals surface area contributed by atoms with Gasteiger partial charge < -0.3 is 18.9 Å². The number of carbonyl (C=O) groups excluding carboxylic acids is 2. The number of benzene rings is 1. The van der Waals surface area contributed by atoms with Gasteiger partial charge in [-0.05, 0) is 104 Å². The Bertz CT molecular complexity index is 979. The molecule has 2 atom stereocenters. The monoisotopic (exact) mass is 546 g/mol. The van der Waals surface area contributed by atoms with E-state index in [1.54, 1.807) is 13.8 Å². The molecule has 1 aromatic carbocycles. The first kappa shape index (κ1) is 33.1. The van der Waals surface area contributed by atoms with Crippen LogP contribution < -0.4 is 9.47 Å². The van der Waals surface area contributed by atoms with Crippen LogP contribution in [0.1, 0.15) is 129 Å². The molecule has 1 aromatic rings. The number of hydrogen-bond acceptors (Lipinski definition) is 6. The summed E-state index contributed by atoms with van der Waals surface area (Å²) in [6.07, 6.45) is 9.16. The fourth-order valence-corrected chi connectivity index (χ4v) is 5.26. The summed E-state index contributed by atoms with van der Waals surface area (Å²) in [4.78, 5) is 25.1. The molecule has 2 unspecified atom stereocenters. The van der Waals surface area contributed by atoms with Crippen LogP contribution in [0.4, 0.5) is 0 Å². The molecule has 0 aliphatic carbocycles.